The van der Waals surface area contributed by atoms with E-state index < -0.39 is 0 Å². The quantitative estimate of drug-likeness (QED) is 0.508. The van der Waals surface area contributed by atoms with Gasteiger partial charge < -0.3 is 19.5 Å². The van der Waals surface area contributed by atoms with Crippen LogP contribution in [0, 0.1) is 0 Å². The zero-order valence-corrected chi connectivity index (χ0v) is 19.1. The first-order valence-electron chi connectivity index (χ1n) is 11.2. The number of H-pyrrole nitrogens is 1. The van der Waals surface area contributed by atoms with E-state index in [4.69, 9.17) is 14.2 Å². The summed E-state index contributed by atoms with van der Waals surface area (Å²) in [7, 11) is 3.13. The van der Waals surface area contributed by atoms with Gasteiger partial charge in [-0.25, -0.2) is 0 Å². The summed E-state index contributed by atoms with van der Waals surface area (Å²) in [4.78, 5) is 15.4. The highest BCUT2D eigenvalue weighted by Gasteiger charge is 2.17. The van der Waals surface area contributed by atoms with Crippen molar-refractivity contribution in [3.05, 3.63) is 54.2 Å². The highest BCUT2D eigenvalue weighted by Crippen LogP contribution is 2.38. The van der Waals surface area contributed by atoms with E-state index in [2.05, 4.69) is 20.4 Å². The number of nitrogens with one attached hydrogen (secondary N) is 2. The average molecular weight is 451 g/mol. The first-order valence-corrected chi connectivity index (χ1v) is 11.2. The summed E-state index contributed by atoms with van der Waals surface area (Å²) in [6, 6.07) is 12.6. The molecule has 1 saturated heterocycles. The van der Waals surface area contributed by atoms with Crippen LogP contribution in [0.1, 0.15) is 29.6 Å². The molecular formula is C25H30N4O4. The van der Waals surface area contributed by atoms with Gasteiger partial charge in [0.25, 0.3) is 5.91 Å². The molecule has 3 aromatic rings. The van der Waals surface area contributed by atoms with Crippen molar-refractivity contribution in [2.24, 2.45) is 0 Å². The lowest BCUT2D eigenvalue weighted by Crippen LogP contribution is -2.33. The van der Waals surface area contributed by atoms with Crippen LogP contribution < -0.4 is 19.5 Å². The molecule has 8 heteroatoms. The number of likely N-dealkylation sites (tertiary alicyclic amines) is 1. The first kappa shape index (κ1) is 22.7. The number of hydrogen-bond acceptors (Lipinski definition) is 6. The minimum atomic E-state index is -0.233. The fourth-order valence-electron chi connectivity index (χ4n) is 3.98. The summed E-state index contributed by atoms with van der Waals surface area (Å²) < 4.78 is 16.7. The fourth-order valence-corrected chi connectivity index (χ4v) is 3.98. The zero-order valence-electron chi connectivity index (χ0n) is 19.1. The van der Waals surface area contributed by atoms with Gasteiger partial charge in [-0.15, -0.1) is 0 Å². The monoisotopic (exact) mass is 450 g/mol. The SMILES string of the molecule is COc1cc(NC(=O)c2ccc(OCCN3CCCCC3)cc2)c(-c2ccn[nH]2)cc1OC. The number of piperidine rings is 1. The third kappa shape index (κ3) is 5.64. The van der Waals surface area contributed by atoms with Crippen LogP contribution in [0.3, 0.4) is 0 Å². The van der Waals surface area contributed by atoms with Crippen LogP contribution in [0.25, 0.3) is 11.3 Å². The lowest BCUT2D eigenvalue weighted by molar-refractivity contribution is 0.102. The van der Waals surface area contributed by atoms with Crippen LogP contribution >= 0.6 is 0 Å². The molecule has 0 unspecified atom stereocenters. The molecule has 1 fully saturated rings. The second kappa shape index (κ2) is 10.9. The van der Waals surface area contributed by atoms with E-state index in [1.54, 1.807) is 44.7 Å². The van der Waals surface area contributed by atoms with E-state index in [0.29, 0.717) is 29.4 Å². The summed E-state index contributed by atoms with van der Waals surface area (Å²) >= 11 is 0. The standard InChI is InChI=1S/C25H30N4O4/c1-31-23-16-20(21-10-11-26-28-21)22(17-24(23)32-2)27-25(30)18-6-8-19(9-7-18)33-15-14-29-12-4-3-5-13-29/h6-11,16-17H,3-5,12-15H2,1-2H3,(H,26,28)(H,27,30). The van der Waals surface area contributed by atoms with Gasteiger partial charge in [0.1, 0.15) is 12.4 Å². The summed E-state index contributed by atoms with van der Waals surface area (Å²) in [6.45, 7) is 3.88. The Labute approximate surface area is 193 Å². The number of ether oxygens (including phenoxy) is 3. The van der Waals surface area contributed by atoms with Crippen molar-refractivity contribution in [2.75, 3.05) is 45.8 Å². The molecule has 0 radical (unpaired) electrons. The Morgan fingerprint density at radius 2 is 1.76 bits per heavy atom. The number of nitrogens with zero attached hydrogens (tertiary/aromatic N) is 2. The maximum atomic E-state index is 13.0. The van der Waals surface area contributed by atoms with E-state index in [0.717, 1.165) is 36.6 Å². The van der Waals surface area contributed by atoms with Gasteiger partial charge >= 0.3 is 0 Å². The number of carbonyl (C=O) groups excluding carboxylic acids is 1. The van der Waals surface area contributed by atoms with Gasteiger partial charge in [0.2, 0.25) is 0 Å². The molecule has 0 saturated carbocycles. The van der Waals surface area contributed by atoms with E-state index >= 15 is 0 Å². The van der Waals surface area contributed by atoms with Gasteiger partial charge in [0, 0.05) is 29.9 Å². The number of benzene rings is 2. The Morgan fingerprint density at radius 1 is 1.03 bits per heavy atom. The van der Waals surface area contributed by atoms with Crippen molar-refractivity contribution in [2.45, 2.75) is 19.3 Å². The second-order valence-corrected chi connectivity index (χ2v) is 7.95. The normalized spacial score (nSPS) is 14.0. The smallest absolute Gasteiger partial charge is 0.255 e. The number of hydrogen-bond donors (Lipinski definition) is 2. The van der Waals surface area contributed by atoms with E-state index in [-0.39, 0.29) is 5.91 Å². The molecule has 174 valence electrons. The van der Waals surface area contributed by atoms with Gasteiger partial charge in [-0.3, -0.25) is 14.8 Å². The van der Waals surface area contributed by atoms with Gasteiger partial charge in [-0.2, -0.15) is 5.10 Å². The van der Waals surface area contributed by atoms with Gasteiger partial charge in [0.15, 0.2) is 11.5 Å². The van der Waals surface area contributed by atoms with Crippen LogP contribution in [0.15, 0.2) is 48.7 Å². The van der Waals surface area contributed by atoms with Crippen LogP contribution in [-0.4, -0.2) is 61.5 Å². The van der Waals surface area contributed by atoms with Crippen molar-refractivity contribution in [3.8, 4) is 28.5 Å². The molecule has 4 rings (SSSR count). The predicted molar refractivity (Wildman–Crippen MR) is 127 cm³/mol. The largest absolute Gasteiger partial charge is 0.493 e. The third-order valence-corrected chi connectivity index (χ3v) is 5.80. The van der Waals surface area contributed by atoms with E-state index in [9.17, 15) is 4.79 Å². The molecule has 8 nitrogen and oxygen atoms in total. The van der Waals surface area contributed by atoms with E-state index in [1.807, 2.05) is 18.2 Å². The van der Waals surface area contributed by atoms with Gasteiger partial charge in [0.05, 0.1) is 25.6 Å². The molecule has 1 amide bonds. The number of methoxy groups -OCH3 is 2. The van der Waals surface area contributed by atoms with Gasteiger partial charge in [-0.05, 0) is 62.3 Å². The Kier molecular flexibility index (Phi) is 7.47. The van der Waals surface area contributed by atoms with Crippen molar-refractivity contribution >= 4 is 11.6 Å². The molecule has 0 atom stereocenters. The number of aromatic nitrogens is 2. The minimum Gasteiger partial charge on any atom is -0.493 e. The van der Waals surface area contributed by atoms with Crippen LogP contribution in [0.2, 0.25) is 0 Å². The Balaban J connectivity index is 1.43. The number of carbonyl (C=O) groups is 1. The second-order valence-electron chi connectivity index (χ2n) is 7.95. The molecule has 1 aliphatic heterocycles. The Hall–Kier alpha value is -3.52. The summed E-state index contributed by atoms with van der Waals surface area (Å²) in [5.74, 6) is 1.61. The maximum absolute atomic E-state index is 13.0. The number of aromatic amines is 1. The van der Waals surface area contributed by atoms with Crippen LogP contribution in [0.5, 0.6) is 17.2 Å². The summed E-state index contributed by atoms with van der Waals surface area (Å²) in [5.41, 5.74) is 2.62. The van der Waals surface area contributed by atoms with Crippen LogP contribution in [-0.2, 0) is 0 Å². The first-order chi connectivity index (χ1) is 16.2. The fraction of sp³-hybridized carbons (Fsp3) is 0.360. The number of rotatable bonds is 9. The zero-order chi connectivity index (χ0) is 23.0. The molecule has 1 aromatic heterocycles. The summed E-state index contributed by atoms with van der Waals surface area (Å²) in [5, 5.41) is 9.92. The predicted octanol–water partition coefficient (Wildman–Crippen LogP) is 4.21. The van der Waals surface area contributed by atoms with Crippen molar-refractivity contribution in [3.63, 3.8) is 0 Å². The molecule has 0 bridgehead atoms. The lowest BCUT2D eigenvalue weighted by Gasteiger charge is -2.26. The molecule has 0 spiro atoms. The number of amides is 1. The topological polar surface area (TPSA) is 88.7 Å². The molecular weight excluding hydrogens is 420 g/mol. The third-order valence-electron chi connectivity index (χ3n) is 5.80. The molecule has 2 aromatic carbocycles. The Bertz CT molecular complexity index is 1050. The Morgan fingerprint density at radius 3 is 2.42 bits per heavy atom. The highest BCUT2D eigenvalue weighted by molar-refractivity contribution is 6.06. The molecule has 1 aliphatic rings. The highest BCUT2D eigenvalue weighted by atomic mass is 16.5. The van der Waals surface area contributed by atoms with Crippen molar-refractivity contribution in [1.29, 1.82) is 0 Å². The average Bonchev–Trinajstić information content (AvgIpc) is 3.39. The maximum Gasteiger partial charge on any atom is 0.255 e. The van der Waals surface area contributed by atoms with Crippen LogP contribution in [0.4, 0.5) is 5.69 Å². The lowest BCUT2D eigenvalue weighted by atomic mass is 10.1. The molecule has 0 aliphatic carbocycles. The van der Waals surface area contributed by atoms with Crippen molar-refractivity contribution in [1.82, 2.24) is 15.1 Å². The molecule has 33 heavy (non-hydrogen) atoms. The summed E-state index contributed by atoms with van der Waals surface area (Å²) in [6.07, 6.45) is 5.52. The number of anilines is 1. The minimum absolute atomic E-state index is 0.233. The molecule has 2 heterocycles. The van der Waals surface area contributed by atoms with Crippen molar-refractivity contribution < 1.29 is 19.0 Å². The molecule has 2 N–H and O–H groups in total. The van der Waals surface area contributed by atoms with Gasteiger partial charge in [-0.1, -0.05) is 6.42 Å². The van der Waals surface area contributed by atoms with E-state index in [1.165, 1.54) is 19.3 Å².